The SMILES string of the molecule is CC(CNCc1ccc(O)c(Cl)c1)c1ccccc1. The number of benzene rings is 2. The molecular weight excluding hydrogens is 258 g/mol. The highest BCUT2D eigenvalue weighted by molar-refractivity contribution is 6.32. The van der Waals surface area contributed by atoms with Gasteiger partial charge in [-0.2, -0.15) is 0 Å². The van der Waals surface area contributed by atoms with E-state index in [4.69, 9.17) is 11.6 Å². The van der Waals surface area contributed by atoms with Crippen molar-refractivity contribution in [3.05, 3.63) is 64.7 Å². The average molecular weight is 276 g/mol. The summed E-state index contributed by atoms with van der Waals surface area (Å²) >= 11 is 5.87. The molecule has 0 heterocycles. The number of phenols is 1. The number of rotatable bonds is 5. The average Bonchev–Trinajstić information content (AvgIpc) is 2.43. The minimum absolute atomic E-state index is 0.128. The van der Waals surface area contributed by atoms with Gasteiger partial charge in [-0.1, -0.05) is 54.9 Å². The van der Waals surface area contributed by atoms with Crippen LogP contribution in [-0.2, 0) is 6.54 Å². The molecule has 0 fully saturated rings. The summed E-state index contributed by atoms with van der Waals surface area (Å²) in [5.41, 5.74) is 2.40. The van der Waals surface area contributed by atoms with Crippen molar-refractivity contribution in [2.75, 3.05) is 6.54 Å². The van der Waals surface area contributed by atoms with Gasteiger partial charge in [0.15, 0.2) is 0 Å². The van der Waals surface area contributed by atoms with Crippen molar-refractivity contribution in [1.82, 2.24) is 5.32 Å². The quantitative estimate of drug-likeness (QED) is 0.866. The fourth-order valence-corrected chi connectivity index (χ4v) is 2.20. The number of phenolic OH excluding ortho intramolecular Hbond substituents is 1. The Bertz CT molecular complexity index is 528. The summed E-state index contributed by atoms with van der Waals surface area (Å²) in [7, 11) is 0. The van der Waals surface area contributed by atoms with Crippen molar-refractivity contribution < 1.29 is 5.11 Å². The lowest BCUT2D eigenvalue weighted by Crippen LogP contribution is -2.19. The van der Waals surface area contributed by atoms with Gasteiger partial charge in [-0.3, -0.25) is 0 Å². The molecule has 100 valence electrons. The standard InChI is InChI=1S/C16H18ClNO/c1-12(14-5-3-2-4-6-14)10-18-11-13-7-8-16(19)15(17)9-13/h2-9,12,18-19H,10-11H2,1H3. The third-order valence-electron chi connectivity index (χ3n) is 3.16. The number of hydrogen-bond donors (Lipinski definition) is 2. The van der Waals surface area contributed by atoms with Crippen LogP contribution in [0.2, 0.25) is 5.02 Å². The van der Waals surface area contributed by atoms with Gasteiger partial charge in [0.05, 0.1) is 5.02 Å². The lowest BCUT2D eigenvalue weighted by Gasteiger charge is -2.13. The van der Waals surface area contributed by atoms with Crippen molar-refractivity contribution in [1.29, 1.82) is 0 Å². The molecule has 0 amide bonds. The summed E-state index contributed by atoms with van der Waals surface area (Å²) in [6.45, 7) is 3.85. The Morgan fingerprint density at radius 3 is 2.58 bits per heavy atom. The molecule has 2 N–H and O–H groups in total. The third-order valence-corrected chi connectivity index (χ3v) is 3.46. The van der Waals surface area contributed by atoms with Gasteiger partial charge in [0.1, 0.15) is 5.75 Å². The second kappa shape index (κ2) is 6.60. The molecule has 2 aromatic rings. The lowest BCUT2D eigenvalue weighted by atomic mass is 10.0. The van der Waals surface area contributed by atoms with Gasteiger partial charge in [-0.25, -0.2) is 0 Å². The smallest absolute Gasteiger partial charge is 0.134 e. The first kappa shape index (κ1) is 13.9. The molecule has 1 unspecified atom stereocenters. The van der Waals surface area contributed by atoms with Crippen LogP contribution < -0.4 is 5.32 Å². The van der Waals surface area contributed by atoms with Crippen LogP contribution in [0, 0.1) is 0 Å². The summed E-state index contributed by atoms with van der Waals surface area (Å²) in [6.07, 6.45) is 0. The number of nitrogens with one attached hydrogen (secondary N) is 1. The Morgan fingerprint density at radius 1 is 1.16 bits per heavy atom. The van der Waals surface area contributed by atoms with Crippen LogP contribution in [-0.4, -0.2) is 11.7 Å². The van der Waals surface area contributed by atoms with Gasteiger partial charge >= 0.3 is 0 Å². The fraction of sp³-hybridized carbons (Fsp3) is 0.250. The van der Waals surface area contributed by atoms with Gasteiger partial charge in [0, 0.05) is 13.1 Å². The van der Waals surface area contributed by atoms with Gasteiger partial charge in [-0.05, 0) is 29.2 Å². The molecule has 2 nitrogen and oxygen atoms in total. The molecule has 0 aliphatic carbocycles. The highest BCUT2D eigenvalue weighted by Crippen LogP contribution is 2.23. The number of halogens is 1. The van der Waals surface area contributed by atoms with Crippen LogP contribution in [0.5, 0.6) is 5.75 Å². The summed E-state index contributed by atoms with van der Waals surface area (Å²) < 4.78 is 0. The number of hydrogen-bond acceptors (Lipinski definition) is 2. The van der Waals surface area contributed by atoms with Crippen molar-refractivity contribution >= 4 is 11.6 Å². The largest absolute Gasteiger partial charge is 0.506 e. The van der Waals surface area contributed by atoms with Gasteiger partial charge in [0.2, 0.25) is 0 Å². The van der Waals surface area contributed by atoms with E-state index < -0.39 is 0 Å². The first-order valence-corrected chi connectivity index (χ1v) is 6.77. The molecule has 0 bridgehead atoms. The molecule has 0 saturated heterocycles. The topological polar surface area (TPSA) is 32.3 Å². The number of aromatic hydroxyl groups is 1. The fourth-order valence-electron chi connectivity index (χ4n) is 1.99. The van der Waals surface area contributed by atoms with Gasteiger partial charge < -0.3 is 10.4 Å². The maximum atomic E-state index is 9.35. The molecule has 0 radical (unpaired) electrons. The first-order valence-electron chi connectivity index (χ1n) is 6.40. The van der Waals surface area contributed by atoms with E-state index in [1.54, 1.807) is 12.1 Å². The van der Waals surface area contributed by atoms with Crippen molar-refractivity contribution in [3.63, 3.8) is 0 Å². The van der Waals surface area contributed by atoms with Crippen LogP contribution in [0.1, 0.15) is 24.0 Å². The van der Waals surface area contributed by atoms with E-state index in [-0.39, 0.29) is 5.75 Å². The van der Waals surface area contributed by atoms with Gasteiger partial charge in [0.25, 0.3) is 0 Å². The van der Waals surface area contributed by atoms with E-state index in [2.05, 4.69) is 36.5 Å². The molecule has 2 rings (SSSR count). The summed E-state index contributed by atoms with van der Waals surface area (Å²) in [4.78, 5) is 0. The highest BCUT2D eigenvalue weighted by Gasteiger charge is 2.05. The van der Waals surface area contributed by atoms with Crippen molar-refractivity contribution in [2.45, 2.75) is 19.4 Å². The zero-order chi connectivity index (χ0) is 13.7. The van der Waals surface area contributed by atoms with Crippen LogP contribution in [0.3, 0.4) is 0 Å². The van der Waals surface area contributed by atoms with Crippen LogP contribution >= 0.6 is 11.6 Å². The predicted molar refractivity (Wildman–Crippen MR) is 79.7 cm³/mol. The molecule has 0 aromatic heterocycles. The van der Waals surface area contributed by atoms with Crippen LogP contribution in [0.15, 0.2) is 48.5 Å². The third kappa shape index (κ3) is 3.98. The monoisotopic (exact) mass is 275 g/mol. The van der Waals surface area contributed by atoms with E-state index in [1.807, 2.05) is 12.1 Å². The Morgan fingerprint density at radius 2 is 1.89 bits per heavy atom. The van der Waals surface area contributed by atoms with Crippen molar-refractivity contribution in [3.8, 4) is 5.75 Å². The molecule has 0 aliphatic heterocycles. The molecule has 0 spiro atoms. The van der Waals surface area contributed by atoms with E-state index in [1.165, 1.54) is 5.56 Å². The second-order valence-electron chi connectivity index (χ2n) is 4.73. The van der Waals surface area contributed by atoms with Gasteiger partial charge in [-0.15, -0.1) is 0 Å². The first-order chi connectivity index (χ1) is 9.16. The van der Waals surface area contributed by atoms with E-state index >= 15 is 0 Å². The summed E-state index contributed by atoms with van der Waals surface area (Å²) in [5, 5.41) is 13.2. The highest BCUT2D eigenvalue weighted by atomic mass is 35.5. The Balaban J connectivity index is 1.85. The summed E-state index contributed by atoms with van der Waals surface area (Å²) in [6, 6.07) is 15.7. The molecule has 2 aromatic carbocycles. The van der Waals surface area contributed by atoms with Crippen LogP contribution in [0.4, 0.5) is 0 Å². The predicted octanol–water partition coefficient (Wildman–Crippen LogP) is 3.94. The van der Waals surface area contributed by atoms with Crippen molar-refractivity contribution in [2.24, 2.45) is 0 Å². The minimum Gasteiger partial charge on any atom is -0.506 e. The zero-order valence-electron chi connectivity index (χ0n) is 10.9. The molecule has 19 heavy (non-hydrogen) atoms. The van der Waals surface area contributed by atoms with E-state index in [0.29, 0.717) is 10.9 Å². The minimum atomic E-state index is 0.128. The maximum absolute atomic E-state index is 9.35. The Kier molecular flexibility index (Phi) is 4.83. The normalized spacial score (nSPS) is 12.3. The zero-order valence-corrected chi connectivity index (χ0v) is 11.7. The second-order valence-corrected chi connectivity index (χ2v) is 5.14. The molecule has 1 atom stereocenters. The lowest BCUT2D eigenvalue weighted by molar-refractivity contribution is 0.475. The Hall–Kier alpha value is -1.51. The maximum Gasteiger partial charge on any atom is 0.134 e. The molecular formula is C16H18ClNO. The molecule has 0 aliphatic rings. The summed E-state index contributed by atoms with van der Waals surface area (Å²) in [5.74, 6) is 0.594. The molecule has 3 heteroatoms. The molecule has 0 saturated carbocycles. The van der Waals surface area contributed by atoms with E-state index in [0.717, 1.165) is 18.7 Å². The Labute approximate surface area is 119 Å². The van der Waals surface area contributed by atoms with E-state index in [9.17, 15) is 5.11 Å². The van der Waals surface area contributed by atoms with Crippen LogP contribution in [0.25, 0.3) is 0 Å².